The van der Waals surface area contributed by atoms with Crippen molar-refractivity contribution >= 4 is 28.8 Å². The first-order valence-corrected chi connectivity index (χ1v) is 10.5. The van der Waals surface area contributed by atoms with E-state index in [0.29, 0.717) is 32.9 Å². The van der Waals surface area contributed by atoms with Gasteiger partial charge in [-0.3, -0.25) is 0 Å². The molecular weight excluding hydrogens is 397 g/mol. The second kappa shape index (κ2) is 10.2. The first-order chi connectivity index (χ1) is 15.3. The molecule has 162 valence electrons. The number of nitrogens with zero attached hydrogens (tertiary/aromatic N) is 4. The van der Waals surface area contributed by atoms with Crippen molar-refractivity contribution in [2.45, 2.75) is 19.8 Å². The van der Waals surface area contributed by atoms with Crippen molar-refractivity contribution in [3.63, 3.8) is 0 Å². The summed E-state index contributed by atoms with van der Waals surface area (Å²) in [5, 5.41) is 6.46. The van der Waals surface area contributed by atoms with E-state index in [1.165, 1.54) is 0 Å². The van der Waals surface area contributed by atoms with Crippen LogP contribution in [0.25, 0.3) is 10.8 Å². The standard InChI is InChI=1S/C23H26FN5O2/c1-2-3-12-31-21-9-8-17-6-4-5-7-18(17)19(21)15-26-28-23-25-16-20(24)22(27-23)29-10-13-30-14-11-29/h4-9,15-16H,2-3,10-14H2,1H3,(H,25,27,28)/b26-15-. The van der Waals surface area contributed by atoms with Crippen LogP contribution in [0.15, 0.2) is 47.7 Å². The number of anilines is 2. The summed E-state index contributed by atoms with van der Waals surface area (Å²) in [6.45, 7) is 5.05. The number of hydrazone groups is 1. The second-order valence-electron chi connectivity index (χ2n) is 7.24. The van der Waals surface area contributed by atoms with E-state index in [2.05, 4.69) is 27.4 Å². The third kappa shape index (κ3) is 5.08. The Balaban J connectivity index is 1.56. The quantitative estimate of drug-likeness (QED) is 0.332. The Morgan fingerprint density at radius 2 is 2.06 bits per heavy atom. The zero-order valence-corrected chi connectivity index (χ0v) is 17.6. The molecule has 1 aromatic heterocycles. The van der Waals surface area contributed by atoms with Crippen molar-refractivity contribution in [1.29, 1.82) is 0 Å². The van der Waals surface area contributed by atoms with Gasteiger partial charge in [-0.1, -0.05) is 43.7 Å². The first kappa shape index (κ1) is 21.0. The first-order valence-electron chi connectivity index (χ1n) is 10.5. The van der Waals surface area contributed by atoms with E-state index >= 15 is 0 Å². The predicted molar refractivity (Wildman–Crippen MR) is 121 cm³/mol. The van der Waals surface area contributed by atoms with Gasteiger partial charge in [0, 0.05) is 18.7 Å². The van der Waals surface area contributed by atoms with Crippen LogP contribution in [0, 0.1) is 5.82 Å². The maximum atomic E-state index is 14.2. The van der Waals surface area contributed by atoms with Gasteiger partial charge in [0.2, 0.25) is 5.95 Å². The Morgan fingerprint density at radius 1 is 1.23 bits per heavy atom. The fourth-order valence-electron chi connectivity index (χ4n) is 3.42. The fraction of sp³-hybridized carbons (Fsp3) is 0.348. The molecule has 1 N–H and O–H groups in total. The van der Waals surface area contributed by atoms with Gasteiger partial charge in [-0.25, -0.2) is 14.8 Å². The zero-order chi connectivity index (χ0) is 21.5. The summed E-state index contributed by atoms with van der Waals surface area (Å²) in [7, 11) is 0. The van der Waals surface area contributed by atoms with Gasteiger partial charge < -0.3 is 14.4 Å². The minimum Gasteiger partial charge on any atom is -0.493 e. The summed E-state index contributed by atoms with van der Waals surface area (Å²) in [6.07, 6.45) is 4.90. The molecule has 0 unspecified atom stereocenters. The average Bonchev–Trinajstić information content (AvgIpc) is 2.81. The lowest BCUT2D eigenvalue weighted by atomic mass is 10.0. The number of morpholine rings is 1. The van der Waals surface area contributed by atoms with Crippen molar-refractivity contribution in [2.24, 2.45) is 5.10 Å². The van der Waals surface area contributed by atoms with E-state index in [1.54, 1.807) is 6.21 Å². The van der Waals surface area contributed by atoms with Crippen molar-refractivity contribution in [2.75, 3.05) is 43.2 Å². The molecule has 0 atom stereocenters. The molecule has 31 heavy (non-hydrogen) atoms. The number of rotatable bonds is 8. The van der Waals surface area contributed by atoms with Crippen LogP contribution in [-0.2, 0) is 4.74 Å². The van der Waals surface area contributed by atoms with Crippen LogP contribution in [0.1, 0.15) is 25.3 Å². The number of nitrogens with one attached hydrogen (secondary N) is 1. The van der Waals surface area contributed by atoms with Crippen LogP contribution in [0.3, 0.4) is 0 Å². The number of benzene rings is 2. The molecule has 1 aliphatic heterocycles. The van der Waals surface area contributed by atoms with Crippen LogP contribution in [-0.4, -0.2) is 49.1 Å². The van der Waals surface area contributed by atoms with Gasteiger partial charge in [-0.15, -0.1) is 0 Å². The van der Waals surface area contributed by atoms with Gasteiger partial charge >= 0.3 is 0 Å². The second-order valence-corrected chi connectivity index (χ2v) is 7.24. The zero-order valence-electron chi connectivity index (χ0n) is 17.6. The number of hydrogen-bond donors (Lipinski definition) is 1. The number of hydrogen-bond acceptors (Lipinski definition) is 7. The fourth-order valence-corrected chi connectivity index (χ4v) is 3.42. The van der Waals surface area contributed by atoms with Gasteiger partial charge in [-0.2, -0.15) is 10.1 Å². The number of ether oxygens (including phenoxy) is 2. The SMILES string of the molecule is CCCCOc1ccc2ccccc2c1/C=N\Nc1ncc(F)c(N2CCOCC2)n1. The van der Waals surface area contributed by atoms with E-state index in [-0.39, 0.29) is 11.8 Å². The maximum absolute atomic E-state index is 14.2. The molecule has 2 heterocycles. The van der Waals surface area contributed by atoms with Crippen LogP contribution < -0.4 is 15.1 Å². The number of aromatic nitrogens is 2. The van der Waals surface area contributed by atoms with Crippen molar-refractivity contribution in [3.05, 3.63) is 54.0 Å². The third-order valence-corrected chi connectivity index (χ3v) is 5.08. The minimum atomic E-state index is -0.461. The van der Waals surface area contributed by atoms with E-state index in [9.17, 15) is 4.39 Å². The molecule has 0 saturated carbocycles. The van der Waals surface area contributed by atoms with Gasteiger partial charge in [0.1, 0.15) is 5.75 Å². The Bertz CT molecular complexity index is 1050. The number of unbranched alkanes of at least 4 members (excludes halogenated alkanes) is 1. The summed E-state index contributed by atoms with van der Waals surface area (Å²) in [5.74, 6) is 0.793. The van der Waals surface area contributed by atoms with Crippen molar-refractivity contribution in [1.82, 2.24) is 9.97 Å². The molecule has 0 aliphatic carbocycles. The van der Waals surface area contributed by atoms with E-state index in [4.69, 9.17) is 9.47 Å². The normalized spacial score (nSPS) is 14.3. The molecule has 7 nitrogen and oxygen atoms in total. The van der Waals surface area contributed by atoms with Gasteiger partial charge in [0.05, 0.1) is 32.2 Å². The molecule has 0 spiro atoms. The van der Waals surface area contributed by atoms with E-state index in [1.807, 2.05) is 41.3 Å². The predicted octanol–water partition coefficient (Wildman–Crippen LogP) is 4.23. The smallest absolute Gasteiger partial charge is 0.245 e. The summed E-state index contributed by atoms with van der Waals surface area (Å²) in [4.78, 5) is 10.2. The lowest BCUT2D eigenvalue weighted by Crippen LogP contribution is -2.37. The van der Waals surface area contributed by atoms with Crippen LogP contribution >= 0.6 is 0 Å². The van der Waals surface area contributed by atoms with Crippen molar-refractivity contribution < 1.29 is 13.9 Å². The summed E-state index contributed by atoms with van der Waals surface area (Å²) in [6, 6.07) is 12.1. The third-order valence-electron chi connectivity index (χ3n) is 5.08. The maximum Gasteiger partial charge on any atom is 0.245 e. The largest absolute Gasteiger partial charge is 0.493 e. The highest BCUT2D eigenvalue weighted by Gasteiger charge is 2.17. The Kier molecular flexibility index (Phi) is 6.89. The topological polar surface area (TPSA) is 71.9 Å². The van der Waals surface area contributed by atoms with E-state index in [0.717, 1.165) is 41.1 Å². The molecule has 4 rings (SSSR count). The highest BCUT2D eigenvalue weighted by atomic mass is 19.1. The highest BCUT2D eigenvalue weighted by Crippen LogP contribution is 2.27. The van der Waals surface area contributed by atoms with Crippen LogP contribution in [0.4, 0.5) is 16.2 Å². The molecule has 2 aromatic carbocycles. The van der Waals surface area contributed by atoms with Crippen molar-refractivity contribution in [3.8, 4) is 5.75 Å². The Morgan fingerprint density at radius 3 is 2.90 bits per heavy atom. The summed E-state index contributed by atoms with van der Waals surface area (Å²) in [5.41, 5.74) is 3.70. The molecule has 1 fully saturated rings. The Hall–Kier alpha value is -3.26. The van der Waals surface area contributed by atoms with Gasteiger partial charge in [0.15, 0.2) is 11.6 Å². The minimum absolute atomic E-state index is 0.229. The Labute approximate surface area is 180 Å². The molecule has 8 heteroatoms. The molecule has 0 bridgehead atoms. The molecular formula is C23H26FN5O2. The molecule has 1 aliphatic rings. The molecule has 3 aromatic rings. The molecule has 1 saturated heterocycles. The summed E-state index contributed by atoms with van der Waals surface area (Å²) >= 11 is 0. The van der Waals surface area contributed by atoms with Crippen LogP contribution in [0.2, 0.25) is 0 Å². The van der Waals surface area contributed by atoms with E-state index < -0.39 is 5.82 Å². The number of fused-ring (bicyclic) bond motifs is 1. The molecule has 0 radical (unpaired) electrons. The van der Waals surface area contributed by atoms with Gasteiger partial charge in [-0.05, 0) is 23.3 Å². The summed E-state index contributed by atoms with van der Waals surface area (Å²) < 4.78 is 25.5. The van der Waals surface area contributed by atoms with Crippen LogP contribution in [0.5, 0.6) is 5.75 Å². The monoisotopic (exact) mass is 423 g/mol. The molecule has 0 amide bonds. The average molecular weight is 423 g/mol. The van der Waals surface area contributed by atoms with Gasteiger partial charge in [0.25, 0.3) is 0 Å². The lowest BCUT2D eigenvalue weighted by Gasteiger charge is -2.27. The number of halogens is 1. The highest BCUT2D eigenvalue weighted by molar-refractivity contribution is 6.02. The lowest BCUT2D eigenvalue weighted by molar-refractivity contribution is 0.122.